The maximum Gasteiger partial charge on any atom is 0.0314 e. The van der Waals surface area contributed by atoms with Gasteiger partial charge in [0.2, 0.25) is 0 Å². The van der Waals surface area contributed by atoms with Gasteiger partial charge in [0.1, 0.15) is 0 Å². The third kappa shape index (κ3) is 3.53. The topological polar surface area (TPSA) is 29.3 Å². The predicted molar refractivity (Wildman–Crippen MR) is 69.1 cm³/mol. The summed E-state index contributed by atoms with van der Waals surface area (Å²) in [7, 11) is 0. The molecule has 2 heteroatoms. The fourth-order valence-electron chi connectivity index (χ4n) is 2.10. The molecule has 1 aliphatic rings. The lowest BCUT2D eigenvalue weighted by Crippen LogP contribution is -2.26. The van der Waals surface area contributed by atoms with E-state index in [1.807, 2.05) is 12.1 Å². The van der Waals surface area contributed by atoms with Crippen molar-refractivity contribution in [3.63, 3.8) is 0 Å². The Morgan fingerprint density at radius 3 is 2.50 bits per heavy atom. The molecular weight excluding hydrogens is 196 g/mol. The SMILES string of the molecule is CCCN(Cc1ccc(N)cc1)CC1CC1. The third-order valence-corrected chi connectivity index (χ3v) is 3.14. The second-order valence-electron chi connectivity index (χ2n) is 4.92. The maximum atomic E-state index is 5.69. The zero-order chi connectivity index (χ0) is 11.4. The van der Waals surface area contributed by atoms with Crippen molar-refractivity contribution in [1.82, 2.24) is 4.90 Å². The predicted octanol–water partition coefficient (Wildman–Crippen LogP) is 2.89. The monoisotopic (exact) mass is 218 g/mol. The first-order valence-corrected chi connectivity index (χ1v) is 6.34. The van der Waals surface area contributed by atoms with Gasteiger partial charge in [0.15, 0.2) is 0 Å². The van der Waals surface area contributed by atoms with Crippen LogP contribution in [0.15, 0.2) is 24.3 Å². The molecule has 2 nitrogen and oxygen atoms in total. The molecule has 1 aromatic rings. The summed E-state index contributed by atoms with van der Waals surface area (Å²) < 4.78 is 0. The van der Waals surface area contributed by atoms with Gasteiger partial charge in [-0.05, 0) is 49.4 Å². The molecule has 0 bridgehead atoms. The number of anilines is 1. The second kappa shape index (κ2) is 5.35. The van der Waals surface area contributed by atoms with Crippen LogP contribution in [0.1, 0.15) is 31.7 Å². The number of nitrogens with zero attached hydrogens (tertiary/aromatic N) is 1. The number of nitrogens with two attached hydrogens (primary N) is 1. The molecule has 1 saturated carbocycles. The number of rotatable bonds is 6. The first-order valence-electron chi connectivity index (χ1n) is 6.34. The Morgan fingerprint density at radius 2 is 1.94 bits per heavy atom. The molecule has 0 saturated heterocycles. The van der Waals surface area contributed by atoms with Crippen molar-refractivity contribution in [3.05, 3.63) is 29.8 Å². The number of hydrogen-bond donors (Lipinski definition) is 1. The molecule has 0 radical (unpaired) electrons. The number of hydrogen-bond acceptors (Lipinski definition) is 2. The van der Waals surface area contributed by atoms with Gasteiger partial charge in [-0.15, -0.1) is 0 Å². The van der Waals surface area contributed by atoms with Gasteiger partial charge in [0.05, 0.1) is 0 Å². The first kappa shape index (κ1) is 11.5. The average molecular weight is 218 g/mol. The van der Waals surface area contributed by atoms with Gasteiger partial charge < -0.3 is 5.73 Å². The van der Waals surface area contributed by atoms with Crippen LogP contribution in [0, 0.1) is 5.92 Å². The van der Waals surface area contributed by atoms with Crippen molar-refractivity contribution in [1.29, 1.82) is 0 Å². The van der Waals surface area contributed by atoms with Gasteiger partial charge in [0.25, 0.3) is 0 Å². The largest absolute Gasteiger partial charge is 0.399 e. The van der Waals surface area contributed by atoms with Gasteiger partial charge in [-0.1, -0.05) is 19.1 Å². The molecular formula is C14H22N2. The molecule has 16 heavy (non-hydrogen) atoms. The highest BCUT2D eigenvalue weighted by atomic mass is 15.1. The average Bonchev–Trinajstić information content (AvgIpc) is 3.06. The number of nitrogen functional groups attached to an aromatic ring is 1. The molecule has 0 heterocycles. The summed E-state index contributed by atoms with van der Waals surface area (Å²) in [6, 6.07) is 8.28. The molecule has 0 spiro atoms. The molecule has 2 rings (SSSR count). The summed E-state index contributed by atoms with van der Waals surface area (Å²) in [4.78, 5) is 2.57. The van der Waals surface area contributed by atoms with Gasteiger partial charge in [0, 0.05) is 18.8 Å². The van der Waals surface area contributed by atoms with Gasteiger partial charge in [-0.3, -0.25) is 4.90 Å². The normalized spacial score (nSPS) is 15.6. The van der Waals surface area contributed by atoms with Gasteiger partial charge in [-0.2, -0.15) is 0 Å². The van der Waals surface area contributed by atoms with Crippen LogP contribution in [0.2, 0.25) is 0 Å². The Balaban J connectivity index is 1.90. The lowest BCUT2D eigenvalue weighted by molar-refractivity contribution is 0.255. The Labute approximate surface area is 98.4 Å². The van der Waals surface area contributed by atoms with E-state index in [9.17, 15) is 0 Å². The minimum atomic E-state index is 0.855. The molecule has 0 aromatic heterocycles. The van der Waals surface area contributed by atoms with E-state index in [4.69, 9.17) is 5.73 Å². The maximum absolute atomic E-state index is 5.69. The van der Waals surface area contributed by atoms with Crippen LogP contribution in [0.25, 0.3) is 0 Å². The molecule has 88 valence electrons. The lowest BCUT2D eigenvalue weighted by atomic mass is 10.2. The highest BCUT2D eigenvalue weighted by Crippen LogP contribution is 2.30. The van der Waals surface area contributed by atoms with E-state index in [0.717, 1.165) is 18.2 Å². The van der Waals surface area contributed by atoms with Crippen molar-refractivity contribution < 1.29 is 0 Å². The Morgan fingerprint density at radius 1 is 1.25 bits per heavy atom. The first-order chi connectivity index (χ1) is 7.78. The van der Waals surface area contributed by atoms with Crippen LogP contribution in [-0.2, 0) is 6.54 Å². The summed E-state index contributed by atoms with van der Waals surface area (Å²) in [6.07, 6.45) is 4.10. The van der Waals surface area contributed by atoms with E-state index in [1.54, 1.807) is 0 Å². The standard InChI is InChI=1S/C14H22N2/c1-2-9-16(10-12-3-4-12)11-13-5-7-14(15)8-6-13/h5-8,12H,2-4,9-11,15H2,1H3. The fourth-order valence-corrected chi connectivity index (χ4v) is 2.10. The molecule has 0 atom stereocenters. The van der Waals surface area contributed by atoms with Gasteiger partial charge >= 0.3 is 0 Å². The van der Waals surface area contributed by atoms with E-state index < -0.39 is 0 Å². The zero-order valence-corrected chi connectivity index (χ0v) is 10.2. The highest BCUT2D eigenvalue weighted by Gasteiger charge is 2.23. The summed E-state index contributed by atoms with van der Waals surface area (Å²) in [6.45, 7) is 5.81. The third-order valence-electron chi connectivity index (χ3n) is 3.14. The van der Waals surface area contributed by atoms with Crippen molar-refractivity contribution in [3.8, 4) is 0 Å². The Hall–Kier alpha value is -1.02. The smallest absolute Gasteiger partial charge is 0.0314 e. The van der Waals surface area contributed by atoms with Crippen LogP contribution in [0.4, 0.5) is 5.69 Å². The van der Waals surface area contributed by atoms with E-state index in [2.05, 4.69) is 24.0 Å². The number of benzene rings is 1. The minimum absolute atomic E-state index is 0.855. The molecule has 0 aliphatic heterocycles. The van der Waals surface area contributed by atoms with Crippen LogP contribution < -0.4 is 5.73 Å². The van der Waals surface area contributed by atoms with E-state index in [0.29, 0.717) is 0 Å². The molecule has 2 N–H and O–H groups in total. The van der Waals surface area contributed by atoms with Crippen molar-refractivity contribution in [2.24, 2.45) is 5.92 Å². The molecule has 0 unspecified atom stereocenters. The van der Waals surface area contributed by atoms with E-state index in [-0.39, 0.29) is 0 Å². The fraction of sp³-hybridized carbons (Fsp3) is 0.571. The van der Waals surface area contributed by atoms with Crippen molar-refractivity contribution in [2.75, 3.05) is 18.8 Å². The Kier molecular flexibility index (Phi) is 3.83. The van der Waals surface area contributed by atoms with E-state index in [1.165, 1.54) is 37.9 Å². The lowest BCUT2D eigenvalue weighted by Gasteiger charge is -2.21. The zero-order valence-electron chi connectivity index (χ0n) is 10.2. The summed E-state index contributed by atoms with van der Waals surface area (Å²) in [5.41, 5.74) is 7.93. The Bertz CT molecular complexity index is 314. The highest BCUT2D eigenvalue weighted by molar-refractivity contribution is 5.39. The van der Waals surface area contributed by atoms with Crippen LogP contribution in [-0.4, -0.2) is 18.0 Å². The van der Waals surface area contributed by atoms with Crippen LogP contribution >= 0.6 is 0 Å². The second-order valence-corrected chi connectivity index (χ2v) is 4.92. The van der Waals surface area contributed by atoms with Crippen LogP contribution in [0.3, 0.4) is 0 Å². The van der Waals surface area contributed by atoms with Crippen LogP contribution in [0.5, 0.6) is 0 Å². The van der Waals surface area contributed by atoms with Crippen molar-refractivity contribution in [2.45, 2.75) is 32.7 Å². The van der Waals surface area contributed by atoms with E-state index >= 15 is 0 Å². The summed E-state index contributed by atoms with van der Waals surface area (Å²) in [5, 5.41) is 0. The quantitative estimate of drug-likeness (QED) is 0.744. The summed E-state index contributed by atoms with van der Waals surface area (Å²) >= 11 is 0. The summed E-state index contributed by atoms with van der Waals surface area (Å²) in [5.74, 6) is 0.973. The minimum Gasteiger partial charge on any atom is -0.399 e. The van der Waals surface area contributed by atoms with Crippen molar-refractivity contribution >= 4 is 5.69 Å². The van der Waals surface area contributed by atoms with Gasteiger partial charge in [-0.25, -0.2) is 0 Å². The molecule has 1 aromatic carbocycles. The molecule has 1 aliphatic carbocycles. The molecule has 0 amide bonds. The molecule has 1 fully saturated rings.